The summed E-state index contributed by atoms with van der Waals surface area (Å²) in [5.41, 5.74) is 1.50. The normalized spacial score (nSPS) is 38.2. The lowest BCUT2D eigenvalue weighted by Gasteiger charge is -2.59. The second-order valence-corrected chi connectivity index (χ2v) is 28.4. The third kappa shape index (κ3) is 6.83. The van der Waals surface area contributed by atoms with Crippen molar-refractivity contribution in [2.45, 2.75) is 181 Å². The zero-order valence-corrected chi connectivity index (χ0v) is 32.9. The second-order valence-electron chi connectivity index (χ2n) is 18.9. The van der Waals surface area contributed by atoms with Crippen LogP contribution >= 0.6 is 0 Å². The van der Waals surface area contributed by atoms with Gasteiger partial charge in [0.25, 0.3) is 0 Å². The maximum atomic E-state index is 10.5. The Balaban J connectivity index is 1.62. The van der Waals surface area contributed by atoms with Crippen molar-refractivity contribution in [1.82, 2.24) is 0 Å². The highest BCUT2D eigenvalue weighted by atomic mass is 28.4. The summed E-state index contributed by atoms with van der Waals surface area (Å²) < 4.78 is 44.0. The summed E-state index contributed by atoms with van der Waals surface area (Å²) in [6.45, 7) is 30.1. The minimum atomic E-state index is -2.42. The number of aliphatic hydroxyl groups is 1. The van der Waals surface area contributed by atoms with Crippen molar-refractivity contribution in [3.8, 4) is 0 Å². The fraction of sp³-hybridized carbons (Fsp3) is 0.895. The molecule has 4 rings (SSSR count). The first-order valence-corrected chi connectivity index (χ1v) is 23.5. The summed E-state index contributed by atoms with van der Waals surface area (Å²) in [6, 6.07) is 0. The molecule has 3 saturated carbocycles. The molecule has 0 spiro atoms. The lowest BCUT2D eigenvalue weighted by atomic mass is 9.49. The maximum absolute atomic E-state index is 10.5. The lowest BCUT2D eigenvalue weighted by molar-refractivity contribution is -0.0646. The summed E-state index contributed by atoms with van der Waals surface area (Å²) >= 11 is 0. The Kier molecular flexibility index (Phi) is 8.82. The largest absolute Gasteiger partial charge is 0.414 e. The van der Waals surface area contributed by atoms with Gasteiger partial charge in [-0.1, -0.05) is 78.7 Å². The van der Waals surface area contributed by atoms with E-state index in [2.05, 4.69) is 101 Å². The first-order chi connectivity index (χ1) is 21.1. The van der Waals surface area contributed by atoms with Crippen LogP contribution in [0.5, 0.6) is 0 Å². The van der Waals surface area contributed by atoms with Crippen molar-refractivity contribution in [3.05, 3.63) is 23.3 Å². The van der Waals surface area contributed by atoms with E-state index in [0.717, 1.165) is 38.5 Å². The van der Waals surface area contributed by atoms with Crippen LogP contribution in [0.1, 0.15) is 125 Å². The molecular weight excluding hydrogens is 577 g/mol. The third-order valence-electron chi connectivity index (χ3n) is 13.7. The van der Waals surface area contributed by atoms with E-state index < -0.39 is 29.1 Å². The summed E-state index contributed by atoms with van der Waals surface area (Å²) in [5.74, 6) is 1.37. The van der Waals surface area contributed by atoms with Crippen molar-refractivity contribution in [2.24, 2.45) is 28.6 Å². The molecular formula is C38H70O4Si2. The maximum Gasteiger partial charge on any atom is 0.192 e. The molecule has 6 heteroatoms. The van der Waals surface area contributed by atoms with E-state index in [4.69, 9.17) is 17.7 Å². The Morgan fingerprint density at radius 3 is 2.14 bits per heavy atom. The smallest absolute Gasteiger partial charge is 0.192 e. The quantitative estimate of drug-likeness (QED) is 0.252. The molecule has 44 heavy (non-hydrogen) atoms. The molecule has 0 aliphatic heterocycles. The van der Waals surface area contributed by atoms with Gasteiger partial charge in [-0.15, -0.1) is 0 Å². The minimum Gasteiger partial charge on any atom is -0.414 e. The van der Waals surface area contributed by atoms with Crippen molar-refractivity contribution in [1.29, 1.82) is 0 Å². The van der Waals surface area contributed by atoms with Gasteiger partial charge in [0.05, 0.1) is 23.9 Å². The van der Waals surface area contributed by atoms with E-state index in [1.807, 2.05) is 0 Å². The molecule has 4 aliphatic carbocycles. The van der Waals surface area contributed by atoms with Crippen LogP contribution in [-0.2, 0) is 13.6 Å². The summed E-state index contributed by atoms with van der Waals surface area (Å²) in [4.78, 5) is 0. The number of fused-ring (bicyclic) bond motifs is 5. The van der Waals surface area contributed by atoms with E-state index in [1.54, 1.807) is 5.57 Å². The molecule has 0 amide bonds. The highest BCUT2D eigenvalue weighted by Crippen LogP contribution is 2.66. The molecule has 9 atom stereocenters. The van der Waals surface area contributed by atoms with Gasteiger partial charge in [0, 0.05) is 16.1 Å². The van der Waals surface area contributed by atoms with Gasteiger partial charge in [0.2, 0.25) is 0 Å². The highest BCUT2D eigenvalue weighted by Gasteiger charge is 2.61. The predicted molar refractivity (Wildman–Crippen MR) is 191 cm³/mol. The molecule has 0 bridgehead atoms. The molecule has 254 valence electrons. The van der Waals surface area contributed by atoms with E-state index in [0.29, 0.717) is 17.8 Å². The van der Waals surface area contributed by atoms with Crippen LogP contribution in [0.4, 0.5) is 0 Å². The van der Waals surface area contributed by atoms with Crippen molar-refractivity contribution >= 4 is 16.6 Å². The number of rotatable bonds is 9. The van der Waals surface area contributed by atoms with Crippen LogP contribution in [0.2, 0.25) is 36.3 Å². The van der Waals surface area contributed by atoms with Gasteiger partial charge in [-0.05, 0) is 125 Å². The van der Waals surface area contributed by atoms with Crippen LogP contribution in [0.25, 0.3) is 0 Å². The van der Waals surface area contributed by atoms with Gasteiger partial charge in [0.1, 0.15) is 0 Å². The highest BCUT2D eigenvalue weighted by molar-refractivity contribution is 6.74. The van der Waals surface area contributed by atoms with Gasteiger partial charge >= 0.3 is 0 Å². The van der Waals surface area contributed by atoms with Crippen molar-refractivity contribution in [3.63, 3.8) is 0 Å². The Bertz CT molecular complexity index is 1210. The average Bonchev–Trinajstić information content (AvgIpc) is 3.24. The Labute approximate surface area is 278 Å². The van der Waals surface area contributed by atoms with Crippen molar-refractivity contribution < 1.29 is 22.8 Å². The molecule has 1 N–H and O–H groups in total. The van der Waals surface area contributed by atoms with Crippen LogP contribution in [0.15, 0.2) is 23.3 Å². The summed E-state index contributed by atoms with van der Waals surface area (Å²) in [7, 11) is -4.01. The first-order valence-electron chi connectivity index (χ1n) is 19.2. The van der Waals surface area contributed by atoms with Crippen LogP contribution < -0.4 is 0 Å². The SMILES string of the molecule is [3H]C([3H])([3H])C(C)(O)CCO[C@@H](C)[C@H]1CC[C@H]2C3=CC=C4C[C@@H](O[Si](C)(C)C(C)(C)C)C[C@H](O[Si](C)(C)C(C)(C)C)[C@]4(C)[C@H]3CC[C@]12C. The third-order valence-corrected chi connectivity index (χ3v) is 22.7. The molecule has 0 radical (unpaired) electrons. The molecule has 0 heterocycles. The van der Waals surface area contributed by atoms with Crippen LogP contribution in [0.3, 0.4) is 0 Å². The molecule has 0 aromatic rings. The molecule has 0 aromatic carbocycles. The molecule has 4 aliphatic rings. The fourth-order valence-corrected chi connectivity index (χ4v) is 11.5. The number of hydrogen-bond donors (Lipinski definition) is 1. The monoisotopic (exact) mass is 653 g/mol. The fourth-order valence-electron chi connectivity index (χ4n) is 8.76. The first kappa shape index (κ1) is 32.3. The predicted octanol–water partition coefficient (Wildman–Crippen LogP) is 10.4. The summed E-state index contributed by atoms with van der Waals surface area (Å²) in [5, 5.41) is 10.8. The molecule has 4 nitrogen and oxygen atoms in total. The standard InChI is InChI=1S/C38H70O4Si2/c1-26(40-23-22-36(8,9)39)30-18-19-31-29-17-16-27-24-28(41-43(12,13)34(2,3)4)25-33(42-44(14,15)35(5,6)7)38(27,11)32(29)20-21-37(30,31)10/h16-17,26,28,30-33,39H,18-25H2,1-15H3/t26-,28+,30+,31-,32-,33-,37+,38-/m0/s1/i8T3/t26-,28+,30+,31-,32-,33-,36?,37+,38-. The Morgan fingerprint density at radius 2 is 1.55 bits per heavy atom. The van der Waals surface area contributed by atoms with Gasteiger partial charge in [-0.25, -0.2) is 0 Å². The van der Waals surface area contributed by atoms with E-state index in [-0.39, 0.29) is 52.2 Å². The zero-order valence-electron chi connectivity index (χ0n) is 33.9. The van der Waals surface area contributed by atoms with Crippen molar-refractivity contribution in [2.75, 3.05) is 6.61 Å². The molecule has 0 aromatic heterocycles. The number of allylic oxidation sites excluding steroid dienone is 3. The molecule has 1 unspecified atom stereocenters. The second kappa shape index (κ2) is 12.0. The number of ether oxygens (including phenoxy) is 1. The topological polar surface area (TPSA) is 47.9 Å². The minimum absolute atomic E-state index is 0.0115. The van der Waals surface area contributed by atoms with Crippen LogP contribution in [-0.4, -0.2) is 52.3 Å². The number of hydrogen-bond acceptors (Lipinski definition) is 4. The average molecular weight is 653 g/mol. The van der Waals surface area contributed by atoms with Gasteiger partial charge in [-0.3, -0.25) is 0 Å². The van der Waals surface area contributed by atoms with Gasteiger partial charge in [-0.2, -0.15) is 0 Å². The Morgan fingerprint density at radius 1 is 0.932 bits per heavy atom. The lowest BCUT2D eigenvalue weighted by Crippen LogP contribution is -2.58. The Hall–Kier alpha value is -0.246. The van der Waals surface area contributed by atoms with E-state index in [1.165, 1.54) is 12.5 Å². The molecule has 3 fully saturated rings. The van der Waals surface area contributed by atoms with Gasteiger partial charge < -0.3 is 18.7 Å². The summed E-state index contributed by atoms with van der Waals surface area (Å²) in [6.07, 6.45) is 12.0. The van der Waals surface area contributed by atoms with E-state index in [9.17, 15) is 5.11 Å². The zero-order chi connectivity index (χ0) is 35.8. The van der Waals surface area contributed by atoms with Gasteiger partial charge in [0.15, 0.2) is 16.6 Å². The molecule has 0 saturated heterocycles. The van der Waals surface area contributed by atoms with E-state index >= 15 is 0 Å². The van der Waals surface area contributed by atoms with Crippen LogP contribution in [0, 0.1) is 28.6 Å².